The number of furan rings is 1. The maximum atomic E-state index is 11.8. The largest absolute Gasteiger partial charge is 0.459 e. The summed E-state index contributed by atoms with van der Waals surface area (Å²) in [6, 6.07) is 7.39. The van der Waals surface area contributed by atoms with Crippen molar-refractivity contribution in [1.82, 2.24) is 10.3 Å². The lowest BCUT2D eigenvalue weighted by Gasteiger charge is -2.31. The highest BCUT2D eigenvalue weighted by atomic mass is 16.3. The molecule has 2 aromatic heterocycles. The third-order valence-electron chi connectivity index (χ3n) is 4.11. The summed E-state index contributed by atoms with van der Waals surface area (Å²) in [6.07, 6.45) is 5.77. The Hall–Kier alpha value is -2.30. The van der Waals surface area contributed by atoms with Crippen molar-refractivity contribution in [3.63, 3.8) is 0 Å². The van der Waals surface area contributed by atoms with Crippen molar-refractivity contribution in [3.05, 3.63) is 48.0 Å². The molecular weight excluding hydrogens is 278 g/mol. The molecule has 5 heteroatoms. The van der Waals surface area contributed by atoms with E-state index in [1.165, 1.54) is 19.1 Å². The Kier molecular flexibility index (Phi) is 4.42. The van der Waals surface area contributed by atoms with Crippen molar-refractivity contribution in [2.75, 3.05) is 18.0 Å². The Morgan fingerprint density at radius 3 is 2.82 bits per heavy atom. The van der Waals surface area contributed by atoms with Crippen LogP contribution in [-0.4, -0.2) is 24.0 Å². The zero-order valence-electron chi connectivity index (χ0n) is 12.8. The van der Waals surface area contributed by atoms with Gasteiger partial charge in [-0.3, -0.25) is 4.79 Å². The maximum Gasteiger partial charge on any atom is 0.287 e. The molecule has 1 N–H and O–H groups in total. The number of nitrogens with zero attached hydrogens (tertiary/aromatic N) is 2. The van der Waals surface area contributed by atoms with Crippen LogP contribution in [0.1, 0.15) is 35.9 Å². The lowest BCUT2D eigenvalue weighted by molar-refractivity contribution is 0.0923. The van der Waals surface area contributed by atoms with Gasteiger partial charge in [-0.25, -0.2) is 4.98 Å². The first-order valence-electron chi connectivity index (χ1n) is 7.74. The minimum Gasteiger partial charge on any atom is -0.459 e. The highest BCUT2D eigenvalue weighted by Gasteiger charge is 2.16. The lowest BCUT2D eigenvalue weighted by atomic mass is 9.99. The molecule has 2 aromatic rings. The van der Waals surface area contributed by atoms with E-state index in [9.17, 15) is 4.79 Å². The minimum absolute atomic E-state index is 0.209. The first-order chi connectivity index (χ1) is 10.7. The molecule has 0 spiro atoms. The van der Waals surface area contributed by atoms with Crippen molar-refractivity contribution < 1.29 is 9.21 Å². The number of carbonyl (C=O) groups is 1. The molecule has 1 amide bonds. The van der Waals surface area contributed by atoms with Gasteiger partial charge in [-0.05, 0) is 42.5 Å². The van der Waals surface area contributed by atoms with Gasteiger partial charge in [-0.2, -0.15) is 0 Å². The quantitative estimate of drug-likeness (QED) is 0.943. The first kappa shape index (κ1) is 14.6. The molecule has 3 heterocycles. The number of anilines is 1. The second-order valence-corrected chi connectivity index (χ2v) is 5.85. The predicted octanol–water partition coefficient (Wildman–Crippen LogP) is 2.84. The number of rotatable bonds is 4. The molecule has 0 atom stereocenters. The van der Waals surface area contributed by atoms with E-state index in [2.05, 4.69) is 22.1 Å². The molecule has 0 aliphatic carbocycles. The fourth-order valence-corrected chi connectivity index (χ4v) is 2.62. The summed E-state index contributed by atoms with van der Waals surface area (Å²) in [5.74, 6) is 1.95. The van der Waals surface area contributed by atoms with Gasteiger partial charge >= 0.3 is 0 Å². The molecule has 0 aromatic carbocycles. The van der Waals surface area contributed by atoms with Crippen LogP contribution in [-0.2, 0) is 6.54 Å². The van der Waals surface area contributed by atoms with Crippen molar-refractivity contribution in [1.29, 1.82) is 0 Å². The third-order valence-corrected chi connectivity index (χ3v) is 4.11. The molecular formula is C17H21N3O2. The van der Waals surface area contributed by atoms with Crippen LogP contribution in [0.2, 0.25) is 0 Å². The summed E-state index contributed by atoms with van der Waals surface area (Å²) in [6.45, 7) is 4.89. The number of hydrogen-bond acceptors (Lipinski definition) is 4. The van der Waals surface area contributed by atoms with Gasteiger partial charge in [-0.1, -0.05) is 13.0 Å². The standard InChI is InChI=1S/C17H21N3O2/c1-13-6-8-20(9-7-13)16-5-4-14(11-18-16)12-19-17(21)15-3-2-10-22-15/h2-5,10-11,13H,6-9,12H2,1H3,(H,19,21). The van der Waals surface area contributed by atoms with Gasteiger partial charge in [0.05, 0.1) is 6.26 Å². The Bertz CT molecular complexity index is 599. The molecule has 1 saturated heterocycles. The Morgan fingerprint density at radius 2 is 2.18 bits per heavy atom. The Morgan fingerprint density at radius 1 is 1.36 bits per heavy atom. The number of nitrogens with one attached hydrogen (secondary N) is 1. The summed E-state index contributed by atoms with van der Waals surface area (Å²) in [7, 11) is 0. The summed E-state index contributed by atoms with van der Waals surface area (Å²) < 4.78 is 5.06. The van der Waals surface area contributed by atoms with Crippen LogP contribution in [0, 0.1) is 5.92 Å². The van der Waals surface area contributed by atoms with Gasteiger partial charge in [0.1, 0.15) is 5.82 Å². The van der Waals surface area contributed by atoms with E-state index in [1.54, 1.807) is 12.1 Å². The second kappa shape index (κ2) is 6.64. The van der Waals surface area contributed by atoms with Crippen LogP contribution in [0.15, 0.2) is 41.1 Å². The molecule has 0 bridgehead atoms. The number of pyridine rings is 1. The molecule has 1 fully saturated rings. The summed E-state index contributed by atoms with van der Waals surface area (Å²) in [4.78, 5) is 18.6. The minimum atomic E-state index is -0.209. The Labute approximate surface area is 130 Å². The topological polar surface area (TPSA) is 58.4 Å². The van der Waals surface area contributed by atoms with Crippen LogP contribution in [0.5, 0.6) is 0 Å². The smallest absolute Gasteiger partial charge is 0.287 e. The van der Waals surface area contributed by atoms with Gasteiger partial charge in [-0.15, -0.1) is 0 Å². The van der Waals surface area contributed by atoms with Crippen molar-refractivity contribution in [3.8, 4) is 0 Å². The second-order valence-electron chi connectivity index (χ2n) is 5.85. The van der Waals surface area contributed by atoms with Crippen molar-refractivity contribution >= 4 is 11.7 Å². The van der Waals surface area contributed by atoms with E-state index < -0.39 is 0 Å². The number of hydrogen-bond donors (Lipinski definition) is 1. The van der Waals surface area contributed by atoms with Crippen molar-refractivity contribution in [2.24, 2.45) is 5.92 Å². The summed E-state index contributed by atoms with van der Waals surface area (Å²) >= 11 is 0. The Balaban J connectivity index is 1.54. The zero-order valence-corrected chi connectivity index (χ0v) is 12.8. The van der Waals surface area contributed by atoms with Crippen LogP contribution in [0.4, 0.5) is 5.82 Å². The van der Waals surface area contributed by atoms with Crippen LogP contribution in [0.3, 0.4) is 0 Å². The predicted molar refractivity (Wildman–Crippen MR) is 84.7 cm³/mol. The van der Waals surface area contributed by atoms with E-state index in [0.717, 1.165) is 30.4 Å². The number of aromatic nitrogens is 1. The van der Waals surface area contributed by atoms with Gasteiger partial charge in [0.2, 0.25) is 0 Å². The SMILES string of the molecule is CC1CCN(c2ccc(CNC(=O)c3ccco3)cn2)CC1. The molecule has 1 aliphatic heterocycles. The average molecular weight is 299 g/mol. The van der Waals surface area contributed by atoms with E-state index in [-0.39, 0.29) is 5.91 Å². The number of amides is 1. The van der Waals surface area contributed by atoms with E-state index in [0.29, 0.717) is 12.3 Å². The van der Waals surface area contributed by atoms with Gasteiger partial charge in [0.15, 0.2) is 5.76 Å². The van der Waals surface area contributed by atoms with E-state index in [1.807, 2.05) is 18.3 Å². The summed E-state index contributed by atoms with van der Waals surface area (Å²) in [5, 5.41) is 2.82. The number of piperidine rings is 1. The third kappa shape index (κ3) is 3.47. The molecule has 1 aliphatic rings. The summed E-state index contributed by atoms with van der Waals surface area (Å²) in [5.41, 5.74) is 0.981. The average Bonchev–Trinajstić information content (AvgIpc) is 3.08. The van der Waals surface area contributed by atoms with Crippen LogP contribution < -0.4 is 10.2 Å². The fourth-order valence-electron chi connectivity index (χ4n) is 2.62. The normalized spacial score (nSPS) is 15.8. The zero-order chi connectivity index (χ0) is 15.4. The molecule has 0 saturated carbocycles. The maximum absolute atomic E-state index is 11.8. The van der Waals surface area contributed by atoms with Gasteiger partial charge < -0.3 is 14.6 Å². The number of carbonyl (C=O) groups excluding carboxylic acids is 1. The highest BCUT2D eigenvalue weighted by molar-refractivity contribution is 5.91. The first-order valence-corrected chi connectivity index (χ1v) is 7.74. The fraction of sp³-hybridized carbons (Fsp3) is 0.412. The van der Waals surface area contributed by atoms with Crippen LogP contribution >= 0.6 is 0 Å². The lowest BCUT2D eigenvalue weighted by Crippen LogP contribution is -2.33. The monoisotopic (exact) mass is 299 g/mol. The molecule has 3 rings (SSSR count). The van der Waals surface area contributed by atoms with Crippen LogP contribution in [0.25, 0.3) is 0 Å². The molecule has 116 valence electrons. The molecule has 0 unspecified atom stereocenters. The van der Waals surface area contributed by atoms with E-state index in [4.69, 9.17) is 4.42 Å². The molecule has 5 nitrogen and oxygen atoms in total. The highest BCUT2D eigenvalue weighted by Crippen LogP contribution is 2.21. The van der Waals surface area contributed by atoms with Gasteiger partial charge in [0, 0.05) is 25.8 Å². The molecule has 22 heavy (non-hydrogen) atoms. The van der Waals surface area contributed by atoms with Gasteiger partial charge in [0.25, 0.3) is 5.91 Å². The van der Waals surface area contributed by atoms with Crippen molar-refractivity contribution in [2.45, 2.75) is 26.3 Å². The molecule has 0 radical (unpaired) electrons. The van der Waals surface area contributed by atoms with E-state index >= 15 is 0 Å².